The molecule has 0 aromatic heterocycles. The minimum absolute atomic E-state index is 4.30. The van der Waals surface area contributed by atoms with Crippen LogP contribution in [0.3, 0.4) is 0 Å². The monoisotopic (exact) mass is 246 g/mol. The summed E-state index contributed by atoms with van der Waals surface area (Å²) in [6, 6.07) is 0. The van der Waals surface area contributed by atoms with Crippen LogP contribution in [0.4, 0.5) is 39.5 Å². The van der Waals surface area contributed by atoms with Crippen LogP contribution in [0.15, 0.2) is 0 Å². The third kappa shape index (κ3) is 1.31. The summed E-state index contributed by atoms with van der Waals surface area (Å²) >= 11 is 0. The third-order valence-corrected chi connectivity index (χ3v) is 2.07. The normalized spacial score (nSPS) is 42.6. The highest BCUT2D eigenvalue weighted by Crippen LogP contribution is 2.54. The summed E-state index contributed by atoms with van der Waals surface area (Å²) < 4.78 is 110. The van der Waals surface area contributed by atoms with Gasteiger partial charge in [0.2, 0.25) is 18.5 Å². The lowest BCUT2D eigenvalue weighted by Gasteiger charge is -2.41. The molecule has 0 N–H and O–H groups in total. The highest BCUT2D eigenvalue weighted by molar-refractivity contribution is 5.12. The van der Waals surface area contributed by atoms with Gasteiger partial charge in [0.05, 0.1) is 0 Å². The summed E-state index contributed by atoms with van der Waals surface area (Å²) in [5.41, 5.74) is 0. The van der Waals surface area contributed by atoms with Gasteiger partial charge in [-0.2, -0.15) is 26.3 Å². The Morgan fingerprint density at radius 2 is 1.00 bits per heavy atom. The van der Waals surface area contributed by atoms with Crippen LogP contribution in [-0.2, 0) is 0 Å². The molecule has 1 aliphatic rings. The molecule has 0 spiro atoms. The smallest absolute Gasteiger partial charge is 0.237 e. The lowest BCUT2D eigenvalue weighted by molar-refractivity contribution is -0.350. The molecule has 3 unspecified atom stereocenters. The summed E-state index contributed by atoms with van der Waals surface area (Å²) in [5.74, 6) is -17.2. The van der Waals surface area contributed by atoms with E-state index in [1.165, 1.54) is 0 Å². The molecular formula is C6H3F9. The van der Waals surface area contributed by atoms with E-state index < -0.39 is 36.3 Å². The van der Waals surface area contributed by atoms with Gasteiger partial charge >= 0.3 is 17.8 Å². The van der Waals surface area contributed by atoms with E-state index in [1.54, 1.807) is 0 Å². The van der Waals surface area contributed by atoms with Crippen LogP contribution in [0.2, 0.25) is 0 Å². The molecule has 9 heteroatoms. The van der Waals surface area contributed by atoms with E-state index in [9.17, 15) is 39.5 Å². The molecule has 0 nitrogen and oxygen atoms in total. The molecule has 3 atom stereocenters. The molecule has 1 aliphatic carbocycles. The number of hydrogen-bond acceptors (Lipinski definition) is 0. The van der Waals surface area contributed by atoms with Crippen molar-refractivity contribution in [1.82, 2.24) is 0 Å². The van der Waals surface area contributed by atoms with Gasteiger partial charge in [0.25, 0.3) is 0 Å². The van der Waals surface area contributed by atoms with Crippen molar-refractivity contribution in [2.75, 3.05) is 0 Å². The summed E-state index contributed by atoms with van der Waals surface area (Å²) in [4.78, 5) is 0. The minimum atomic E-state index is -5.95. The van der Waals surface area contributed by atoms with Gasteiger partial charge in [-0.25, -0.2) is 13.2 Å². The first-order valence-corrected chi connectivity index (χ1v) is 3.53. The van der Waals surface area contributed by atoms with E-state index in [-0.39, 0.29) is 0 Å². The van der Waals surface area contributed by atoms with E-state index in [0.29, 0.717) is 0 Å². The first kappa shape index (κ1) is 12.4. The number of hydrogen-bond donors (Lipinski definition) is 0. The predicted octanol–water partition coefficient (Wildman–Crippen LogP) is 2.92. The van der Waals surface area contributed by atoms with E-state index in [2.05, 4.69) is 0 Å². The molecule has 15 heavy (non-hydrogen) atoms. The highest BCUT2D eigenvalue weighted by atomic mass is 19.3. The van der Waals surface area contributed by atoms with Gasteiger partial charge in [-0.3, -0.25) is 0 Å². The quantitative estimate of drug-likeness (QED) is 0.576. The number of alkyl halides is 9. The van der Waals surface area contributed by atoms with Gasteiger partial charge in [0, 0.05) is 0 Å². The first-order valence-electron chi connectivity index (χ1n) is 3.53. The van der Waals surface area contributed by atoms with Crippen molar-refractivity contribution in [2.45, 2.75) is 36.3 Å². The van der Waals surface area contributed by atoms with Crippen molar-refractivity contribution in [3.63, 3.8) is 0 Å². The van der Waals surface area contributed by atoms with Crippen molar-refractivity contribution in [2.24, 2.45) is 0 Å². The predicted molar refractivity (Wildman–Crippen MR) is 29.5 cm³/mol. The Bertz CT molecular complexity index is 259. The molecule has 0 heterocycles. The Morgan fingerprint density at radius 3 is 1.40 bits per heavy atom. The van der Waals surface area contributed by atoms with Gasteiger partial charge in [-0.1, -0.05) is 0 Å². The standard InChI is InChI=1S/C6H3F9/c7-1-2(8)5(12,13)6(14,15)3(9)4(1,10)11/h1-3H. The zero-order valence-corrected chi connectivity index (χ0v) is 6.63. The molecule has 1 rings (SSSR count). The largest absolute Gasteiger partial charge is 0.349 e. The fourth-order valence-corrected chi connectivity index (χ4v) is 1.11. The summed E-state index contributed by atoms with van der Waals surface area (Å²) in [5, 5.41) is 0. The van der Waals surface area contributed by atoms with Gasteiger partial charge in [0.1, 0.15) is 0 Å². The van der Waals surface area contributed by atoms with Gasteiger partial charge in [-0.15, -0.1) is 0 Å². The van der Waals surface area contributed by atoms with E-state index in [4.69, 9.17) is 0 Å². The van der Waals surface area contributed by atoms with Crippen LogP contribution in [0.25, 0.3) is 0 Å². The summed E-state index contributed by atoms with van der Waals surface area (Å²) in [6.45, 7) is 0. The average Bonchev–Trinajstić information content (AvgIpc) is 2.12. The topological polar surface area (TPSA) is 0 Å². The van der Waals surface area contributed by atoms with Crippen LogP contribution in [0.5, 0.6) is 0 Å². The molecule has 0 amide bonds. The highest BCUT2D eigenvalue weighted by Gasteiger charge is 2.81. The third-order valence-electron chi connectivity index (χ3n) is 2.07. The summed E-state index contributed by atoms with van der Waals surface area (Å²) in [7, 11) is 0. The molecule has 1 fully saturated rings. The van der Waals surface area contributed by atoms with Gasteiger partial charge in [-0.05, 0) is 0 Å². The Hall–Kier alpha value is -0.630. The molecule has 0 aromatic rings. The van der Waals surface area contributed by atoms with Gasteiger partial charge < -0.3 is 0 Å². The molecule has 90 valence electrons. The van der Waals surface area contributed by atoms with Crippen molar-refractivity contribution in [3.8, 4) is 0 Å². The lowest BCUT2D eigenvalue weighted by atomic mass is 9.85. The maximum absolute atomic E-state index is 12.3. The van der Waals surface area contributed by atoms with E-state index >= 15 is 0 Å². The van der Waals surface area contributed by atoms with E-state index in [1.807, 2.05) is 0 Å². The van der Waals surface area contributed by atoms with Crippen molar-refractivity contribution < 1.29 is 39.5 Å². The molecule has 0 bridgehead atoms. The van der Waals surface area contributed by atoms with Crippen LogP contribution < -0.4 is 0 Å². The molecular weight excluding hydrogens is 243 g/mol. The molecule has 0 saturated heterocycles. The van der Waals surface area contributed by atoms with Crippen LogP contribution in [0, 0.1) is 0 Å². The maximum atomic E-state index is 12.3. The fourth-order valence-electron chi connectivity index (χ4n) is 1.11. The van der Waals surface area contributed by atoms with Crippen LogP contribution in [-0.4, -0.2) is 36.3 Å². The number of rotatable bonds is 0. The molecule has 0 radical (unpaired) electrons. The second-order valence-electron chi connectivity index (χ2n) is 3.09. The van der Waals surface area contributed by atoms with Crippen molar-refractivity contribution >= 4 is 0 Å². The van der Waals surface area contributed by atoms with Crippen molar-refractivity contribution in [3.05, 3.63) is 0 Å². The van der Waals surface area contributed by atoms with E-state index in [0.717, 1.165) is 0 Å². The van der Waals surface area contributed by atoms with Crippen molar-refractivity contribution in [1.29, 1.82) is 0 Å². The Kier molecular flexibility index (Phi) is 2.44. The Morgan fingerprint density at radius 1 is 0.600 bits per heavy atom. The van der Waals surface area contributed by atoms with Gasteiger partial charge in [0.15, 0.2) is 0 Å². The zero-order valence-electron chi connectivity index (χ0n) is 6.63. The molecule has 0 aromatic carbocycles. The fraction of sp³-hybridized carbons (Fsp3) is 1.00. The first-order chi connectivity index (χ1) is 6.47. The SMILES string of the molecule is FC1C(F)C(F)(F)C(F)(F)C(F)C1(F)F. The molecule has 0 aliphatic heterocycles. The average molecular weight is 246 g/mol. The van der Waals surface area contributed by atoms with Crippen LogP contribution >= 0.6 is 0 Å². The summed E-state index contributed by atoms with van der Waals surface area (Å²) in [6.07, 6.45) is -13.5. The Balaban J connectivity index is 3.24. The Labute approximate surface area is 77.0 Å². The second-order valence-corrected chi connectivity index (χ2v) is 3.09. The molecule has 1 saturated carbocycles. The zero-order chi connectivity index (χ0) is 12.2. The minimum Gasteiger partial charge on any atom is -0.237 e. The van der Waals surface area contributed by atoms with Crippen LogP contribution in [0.1, 0.15) is 0 Å². The number of halogens is 9. The lowest BCUT2D eigenvalue weighted by Crippen LogP contribution is -2.70. The maximum Gasteiger partial charge on any atom is 0.349 e. The second kappa shape index (κ2) is 2.94.